The summed E-state index contributed by atoms with van der Waals surface area (Å²) in [6.45, 7) is 1.89. The van der Waals surface area contributed by atoms with E-state index in [9.17, 15) is 4.79 Å². The van der Waals surface area contributed by atoms with Crippen LogP contribution in [0.5, 0.6) is 0 Å². The van der Waals surface area contributed by atoms with Crippen LogP contribution in [0, 0.1) is 5.41 Å². The van der Waals surface area contributed by atoms with Crippen LogP contribution in [0.1, 0.15) is 12.8 Å². The number of rotatable bonds is 1. The van der Waals surface area contributed by atoms with Gasteiger partial charge in [0.05, 0.1) is 0 Å². The van der Waals surface area contributed by atoms with Crippen LogP contribution < -0.4 is 11.1 Å². The van der Waals surface area contributed by atoms with Crippen molar-refractivity contribution in [3.05, 3.63) is 0 Å². The van der Waals surface area contributed by atoms with Crippen molar-refractivity contribution in [2.75, 3.05) is 13.1 Å². The van der Waals surface area contributed by atoms with Crippen LogP contribution in [-0.2, 0) is 4.79 Å². The molecule has 2 fully saturated rings. The summed E-state index contributed by atoms with van der Waals surface area (Å²) in [5.74, 6) is -0.852. The normalized spacial score (nSPS) is 30.6. The molecule has 1 aliphatic carbocycles. The highest BCUT2D eigenvalue weighted by Crippen LogP contribution is 2.49. The third-order valence-electron chi connectivity index (χ3n) is 2.81. The number of hydrogen-bond donors (Lipinski definition) is 3. The summed E-state index contributed by atoms with van der Waals surface area (Å²) < 4.78 is 0. The summed E-state index contributed by atoms with van der Waals surface area (Å²) in [6.07, 6.45) is 1.28. The van der Waals surface area contributed by atoms with E-state index in [0.717, 1.165) is 13.1 Å². The lowest BCUT2D eigenvalue weighted by molar-refractivity contribution is -0.156. The highest BCUT2D eigenvalue weighted by molar-refractivity contribution is 5.80. The number of nitrogens with two attached hydrogens (primary N) is 1. The smallest absolute Gasteiger partial charge is 0.323 e. The number of nitrogens with one attached hydrogen (secondary N) is 1. The zero-order valence-electron chi connectivity index (χ0n) is 6.26. The van der Waals surface area contributed by atoms with Crippen molar-refractivity contribution in [3.8, 4) is 0 Å². The molecule has 0 aromatic carbocycles. The molecule has 2 rings (SSSR count). The molecule has 0 amide bonds. The van der Waals surface area contributed by atoms with Gasteiger partial charge in [-0.05, 0) is 18.3 Å². The van der Waals surface area contributed by atoms with Gasteiger partial charge in [-0.3, -0.25) is 4.79 Å². The van der Waals surface area contributed by atoms with E-state index in [0.29, 0.717) is 12.8 Å². The van der Waals surface area contributed by atoms with E-state index >= 15 is 0 Å². The average Bonchev–Trinajstić information content (AvgIpc) is 1.75. The predicted octanol–water partition coefficient (Wildman–Crippen LogP) is -0.848. The van der Waals surface area contributed by atoms with Gasteiger partial charge in [0.15, 0.2) is 0 Å². The van der Waals surface area contributed by atoms with Gasteiger partial charge >= 0.3 is 5.97 Å². The molecule has 4 nitrogen and oxygen atoms in total. The molecule has 4 N–H and O–H groups in total. The molecule has 1 saturated heterocycles. The summed E-state index contributed by atoms with van der Waals surface area (Å²) in [6, 6.07) is 0. The summed E-state index contributed by atoms with van der Waals surface area (Å²) in [7, 11) is 0. The summed E-state index contributed by atoms with van der Waals surface area (Å²) in [5, 5.41) is 11.8. The van der Waals surface area contributed by atoms with Gasteiger partial charge in [-0.2, -0.15) is 0 Å². The molecule has 0 bridgehead atoms. The van der Waals surface area contributed by atoms with Crippen LogP contribution in [0.2, 0.25) is 0 Å². The van der Waals surface area contributed by atoms with Gasteiger partial charge in [0.25, 0.3) is 0 Å². The second-order valence-corrected chi connectivity index (χ2v) is 3.92. The monoisotopic (exact) mass is 156 g/mol. The Morgan fingerprint density at radius 1 is 1.45 bits per heavy atom. The van der Waals surface area contributed by atoms with Crippen LogP contribution >= 0.6 is 0 Å². The Kier molecular flexibility index (Phi) is 1.13. The van der Waals surface area contributed by atoms with Gasteiger partial charge in [-0.15, -0.1) is 0 Å². The SMILES string of the molecule is NC1(C(=O)O)CC2(CNC2)C1. The molecule has 1 saturated carbocycles. The minimum Gasteiger partial charge on any atom is -0.480 e. The summed E-state index contributed by atoms with van der Waals surface area (Å²) >= 11 is 0. The van der Waals surface area contributed by atoms with Crippen LogP contribution in [0.15, 0.2) is 0 Å². The topological polar surface area (TPSA) is 75.4 Å². The quantitative estimate of drug-likeness (QED) is 0.462. The van der Waals surface area contributed by atoms with E-state index in [2.05, 4.69) is 5.32 Å². The number of carboxylic acid groups (broad SMARTS) is 1. The maximum absolute atomic E-state index is 10.6. The standard InChI is InChI=1S/C7H12N2O2/c8-7(5(10)11)1-6(2-7)3-9-4-6/h9H,1-4,8H2,(H,10,11). The fourth-order valence-electron chi connectivity index (χ4n) is 2.17. The van der Waals surface area contributed by atoms with Crippen molar-refractivity contribution in [2.24, 2.45) is 11.1 Å². The lowest BCUT2D eigenvalue weighted by atomic mass is 9.55. The van der Waals surface area contributed by atoms with Crippen molar-refractivity contribution in [2.45, 2.75) is 18.4 Å². The van der Waals surface area contributed by atoms with Crippen molar-refractivity contribution >= 4 is 5.97 Å². The summed E-state index contributed by atoms with van der Waals surface area (Å²) in [4.78, 5) is 10.6. The van der Waals surface area contributed by atoms with E-state index in [1.807, 2.05) is 0 Å². The molecule has 0 unspecified atom stereocenters. The molecule has 0 atom stereocenters. The first-order valence-corrected chi connectivity index (χ1v) is 3.79. The van der Waals surface area contributed by atoms with Gasteiger partial charge in [-0.25, -0.2) is 0 Å². The van der Waals surface area contributed by atoms with Crippen molar-refractivity contribution in [3.63, 3.8) is 0 Å². The molecule has 62 valence electrons. The largest absolute Gasteiger partial charge is 0.480 e. The Morgan fingerprint density at radius 2 is 2.00 bits per heavy atom. The zero-order chi connectivity index (χ0) is 8.11. The second kappa shape index (κ2) is 1.76. The van der Waals surface area contributed by atoms with Gasteiger partial charge in [0, 0.05) is 13.1 Å². The van der Waals surface area contributed by atoms with E-state index in [1.165, 1.54) is 0 Å². The van der Waals surface area contributed by atoms with Gasteiger partial charge in [0.2, 0.25) is 0 Å². The lowest BCUT2D eigenvalue weighted by Gasteiger charge is -2.57. The number of aliphatic carboxylic acids is 1. The maximum atomic E-state index is 10.6. The Bertz CT molecular complexity index is 202. The molecular weight excluding hydrogens is 144 g/mol. The molecule has 2 aliphatic rings. The third kappa shape index (κ3) is 0.795. The van der Waals surface area contributed by atoms with Gasteiger partial charge in [-0.1, -0.05) is 0 Å². The van der Waals surface area contributed by atoms with Gasteiger partial charge in [0.1, 0.15) is 5.54 Å². The minimum atomic E-state index is -0.915. The number of hydrogen-bond acceptors (Lipinski definition) is 3. The van der Waals surface area contributed by atoms with Crippen molar-refractivity contribution < 1.29 is 9.90 Å². The van der Waals surface area contributed by atoms with Crippen LogP contribution in [0.3, 0.4) is 0 Å². The molecule has 11 heavy (non-hydrogen) atoms. The molecule has 1 heterocycles. The van der Waals surface area contributed by atoms with Crippen LogP contribution in [0.25, 0.3) is 0 Å². The molecular formula is C7H12N2O2. The Labute approximate surface area is 64.8 Å². The maximum Gasteiger partial charge on any atom is 0.323 e. The molecule has 1 spiro atoms. The fraction of sp³-hybridized carbons (Fsp3) is 0.857. The lowest BCUT2D eigenvalue weighted by Crippen LogP contribution is -2.72. The average molecular weight is 156 g/mol. The first-order valence-electron chi connectivity index (χ1n) is 3.79. The van der Waals surface area contributed by atoms with E-state index < -0.39 is 11.5 Å². The zero-order valence-corrected chi connectivity index (χ0v) is 6.26. The number of carbonyl (C=O) groups is 1. The van der Waals surface area contributed by atoms with Crippen LogP contribution in [0.4, 0.5) is 0 Å². The van der Waals surface area contributed by atoms with E-state index in [1.54, 1.807) is 0 Å². The highest BCUT2D eigenvalue weighted by atomic mass is 16.4. The van der Waals surface area contributed by atoms with Crippen molar-refractivity contribution in [1.82, 2.24) is 5.32 Å². The third-order valence-corrected chi connectivity index (χ3v) is 2.81. The fourth-order valence-corrected chi connectivity index (χ4v) is 2.17. The molecule has 0 aromatic rings. The molecule has 0 aromatic heterocycles. The first-order chi connectivity index (χ1) is 5.06. The number of carboxylic acids is 1. The predicted molar refractivity (Wildman–Crippen MR) is 39.1 cm³/mol. The Morgan fingerprint density at radius 3 is 2.27 bits per heavy atom. The Hall–Kier alpha value is -0.610. The molecule has 0 radical (unpaired) electrons. The van der Waals surface area contributed by atoms with Crippen molar-refractivity contribution in [1.29, 1.82) is 0 Å². The molecule has 1 aliphatic heterocycles. The first kappa shape index (κ1) is 7.06. The van der Waals surface area contributed by atoms with Gasteiger partial charge < -0.3 is 16.2 Å². The van der Waals surface area contributed by atoms with E-state index in [4.69, 9.17) is 10.8 Å². The van der Waals surface area contributed by atoms with E-state index in [-0.39, 0.29) is 5.41 Å². The second-order valence-electron chi connectivity index (χ2n) is 3.92. The minimum absolute atomic E-state index is 0.243. The Balaban J connectivity index is 2.00. The summed E-state index contributed by atoms with van der Waals surface area (Å²) in [5.41, 5.74) is 4.93. The van der Waals surface area contributed by atoms with Crippen LogP contribution in [-0.4, -0.2) is 29.7 Å². The molecule has 4 heteroatoms. The highest BCUT2D eigenvalue weighted by Gasteiger charge is 2.59.